The van der Waals surface area contributed by atoms with Gasteiger partial charge in [-0.2, -0.15) is 5.10 Å². The number of aromatic hydroxyl groups is 1. The molecule has 108 valence electrons. The Balaban J connectivity index is 2.19. The van der Waals surface area contributed by atoms with Crippen molar-refractivity contribution >= 4 is 10.0 Å². The first-order valence-corrected chi connectivity index (χ1v) is 7.57. The Hall–Kier alpha value is -1.86. The van der Waals surface area contributed by atoms with E-state index in [1.165, 1.54) is 24.3 Å². The molecule has 1 aromatic heterocycles. The first-order chi connectivity index (χ1) is 9.31. The highest BCUT2D eigenvalue weighted by atomic mass is 32.2. The Bertz CT molecular complexity index is 718. The van der Waals surface area contributed by atoms with E-state index in [0.29, 0.717) is 0 Å². The topological polar surface area (TPSA) is 84.2 Å². The zero-order valence-corrected chi connectivity index (χ0v) is 12.4. The molecule has 0 atom stereocenters. The number of phenolic OH excluding ortho intramolecular Hbond substituents is 1. The van der Waals surface area contributed by atoms with Crippen LogP contribution in [0.1, 0.15) is 17.0 Å². The first-order valence-electron chi connectivity index (χ1n) is 6.09. The van der Waals surface area contributed by atoms with Crippen molar-refractivity contribution in [2.24, 2.45) is 7.05 Å². The number of hydrogen-bond acceptors (Lipinski definition) is 4. The van der Waals surface area contributed by atoms with Crippen molar-refractivity contribution in [3.05, 3.63) is 41.2 Å². The molecule has 1 heterocycles. The fourth-order valence-electron chi connectivity index (χ4n) is 1.95. The van der Waals surface area contributed by atoms with E-state index < -0.39 is 10.0 Å². The summed E-state index contributed by atoms with van der Waals surface area (Å²) < 4.78 is 28.5. The van der Waals surface area contributed by atoms with Gasteiger partial charge in [0.25, 0.3) is 0 Å². The maximum absolute atomic E-state index is 12.1. The zero-order valence-electron chi connectivity index (χ0n) is 11.6. The molecule has 0 aliphatic carbocycles. The maximum atomic E-state index is 12.1. The molecule has 2 aromatic rings. The van der Waals surface area contributed by atoms with Gasteiger partial charge in [0.2, 0.25) is 10.0 Å². The van der Waals surface area contributed by atoms with E-state index in [4.69, 9.17) is 0 Å². The summed E-state index contributed by atoms with van der Waals surface area (Å²) in [5.41, 5.74) is 2.60. The Labute approximate surface area is 118 Å². The van der Waals surface area contributed by atoms with Crippen LogP contribution in [0.4, 0.5) is 0 Å². The van der Waals surface area contributed by atoms with Crippen molar-refractivity contribution < 1.29 is 13.5 Å². The monoisotopic (exact) mass is 295 g/mol. The number of benzene rings is 1. The molecule has 0 saturated carbocycles. The van der Waals surface area contributed by atoms with Crippen molar-refractivity contribution in [2.45, 2.75) is 25.3 Å². The summed E-state index contributed by atoms with van der Waals surface area (Å²) in [6, 6.07) is 5.41. The van der Waals surface area contributed by atoms with E-state index in [9.17, 15) is 13.5 Å². The van der Waals surface area contributed by atoms with E-state index in [1.54, 1.807) is 4.68 Å². The highest BCUT2D eigenvalue weighted by molar-refractivity contribution is 7.89. The lowest BCUT2D eigenvalue weighted by Gasteiger charge is -2.07. The number of hydrogen-bond donors (Lipinski definition) is 2. The van der Waals surface area contributed by atoms with Gasteiger partial charge in [0.1, 0.15) is 5.75 Å². The predicted molar refractivity (Wildman–Crippen MR) is 74.8 cm³/mol. The molecule has 0 fully saturated rings. The van der Waals surface area contributed by atoms with Gasteiger partial charge >= 0.3 is 0 Å². The normalized spacial score (nSPS) is 11.8. The molecule has 0 saturated heterocycles. The minimum Gasteiger partial charge on any atom is -0.508 e. The largest absolute Gasteiger partial charge is 0.508 e. The zero-order chi connectivity index (χ0) is 14.9. The number of nitrogens with zero attached hydrogens (tertiary/aromatic N) is 2. The molecule has 0 aliphatic heterocycles. The maximum Gasteiger partial charge on any atom is 0.240 e. The summed E-state index contributed by atoms with van der Waals surface area (Å²) in [5, 5.41) is 13.4. The fourth-order valence-corrected chi connectivity index (χ4v) is 2.94. The third kappa shape index (κ3) is 2.83. The Morgan fingerprint density at radius 1 is 1.25 bits per heavy atom. The van der Waals surface area contributed by atoms with Gasteiger partial charge in [-0.1, -0.05) is 0 Å². The fraction of sp³-hybridized carbons (Fsp3) is 0.308. The van der Waals surface area contributed by atoms with Crippen LogP contribution in [0, 0.1) is 13.8 Å². The van der Waals surface area contributed by atoms with Crippen LogP contribution in [0.5, 0.6) is 5.75 Å². The van der Waals surface area contributed by atoms with Crippen LogP contribution in [-0.2, 0) is 23.6 Å². The average Bonchev–Trinajstić information content (AvgIpc) is 2.62. The van der Waals surface area contributed by atoms with E-state index in [2.05, 4.69) is 9.82 Å². The van der Waals surface area contributed by atoms with Crippen LogP contribution in [-0.4, -0.2) is 23.3 Å². The quantitative estimate of drug-likeness (QED) is 0.888. The van der Waals surface area contributed by atoms with Crippen LogP contribution in [0.25, 0.3) is 0 Å². The van der Waals surface area contributed by atoms with Crippen LogP contribution >= 0.6 is 0 Å². The summed E-state index contributed by atoms with van der Waals surface area (Å²) >= 11 is 0. The molecule has 2 rings (SSSR count). The second-order valence-corrected chi connectivity index (χ2v) is 6.36. The lowest BCUT2D eigenvalue weighted by molar-refractivity contribution is 0.474. The Morgan fingerprint density at radius 3 is 2.35 bits per heavy atom. The summed E-state index contributed by atoms with van der Waals surface area (Å²) in [6.45, 7) is 3.93. The number of sulfonamides is 1. The van der Waals surface area contributed by atoms with E-state index in [0.717, 1.165) is 17.0 Å². The van der Waals surface area contributed by atoms with Crippen molar-refractivity contribution in [3.63, 3.8) is 0 Å². The van der Waals surface area contributed by atoms with Gasteiger partial charge in [0, 0.05) is 24.8 Å². The van der Waals surface area contributed by atoms with E-state index in [1.807, 2.05) is 20.9 Å². The van der Waals surface area contributed by atoms with Crippen molar-refractivity contribution in [1.82, 2.24) is 14.5 Å². The molecule has 7 heteroatoms. The smallest absolute Gasteiger partial charge is 0.240 e. The highest BCUT2D eigenvalue weighted by Crippen LogP contribution is 2.16. The highest BCUT2D eigenvalue weighted by Gasteiger charge is 2.16. The number of aromatic nitrogens is 2. The van der Waals surface area contributed by atoms with Crippen molar-refractivity contribution in [1.29, 1.82) is 0 Å². The molecule has 0 unspecified atom stereocenters. The molecule has 1 aromatic carbocycles. The van der Waals surface area contributed by atoms with Gasteiger partial charge in [0.15, 0.2) is 0 Å². The van der Waals surface area contributed by atoms with Crippen molar-refractivity contribution in [3.8, 4) is 5.75 Å². The van der Waals surface area contributed by atoms with E-state index in [-0.39, 0.29) is 17.2 Å². The van der Waals surface area contributed by atoms with Gasteiger partial charge in [0.05, 0.1) is 10.6 Å². The van der Waals surface area contributed by atoms with Crippen molar-refractivity contribution in [2.75, 3.05) is 0 Å². The lowest BCUT2D eigenvalue weighted by Crippen LogP contribution is -2.23. The van der Waals surface area contributed by atoms with E-state index >= 15 is 0 Å². The molecular formula is C13H17N3O3S. The molecule has 0 aliphatic rings. The van der Waals surface area contributed by atoms with Gasteiger partial charge in [-0.3, -0.25) is 4.68 Å². The third-order valence-electron chi connectivity index (χ3n) is 3.24. The second kappa shape index (κ2) is 5.26. The number of aryl methyl sites for hydroxylation is 2. The summed E-state index contributed by atoms with van der Waals surface area (Å²) in [4.78, 5) is 0.120. The minimum atomic E-state index is -3.60. The number of phenols is 1. The van der Waals surface area contributed by atoms with Gasteiger partial charge in [-0.05, 0) is 38.1 Å². The Morgan fingerprint density at radius 2 is 1.85 bits per heavy atom. The number of nitrogens with one attached hydrogen (secondary N) is 1. The van der Waals surface area contributed by atoms with Crippen LogP contribution < -0.4 is 4.72 Å². The molecule has 2 N–H and O–H groups in total. The minimum absolute atomic E-state index is 0.0305. The lowest BCUT2D eigenvalue weighted by atomic mass is 10.2. The first kappa shape index (κ1) is 14.5. The summed E-state index contributed by atoms with van der Waals surface area (Å²) in [5.74, 6) is 0.0305. The van der Waals surface area contributed by atoms with Crippen LogP contribution in [0.2, 0.25) is 0 Å². The molecule has 0 bridgehead atoms. The van der Waals surface area contributed by atoms with Gasteiger partial charge in [-0.15, -0.1) is 0 Å². The third-order valence-corrected chi connectivity index (χ3v) is 4.66. The summed E-state index contributed by atoms with van der Waals surface area (Å²) in [7, 11) is -1.78. The predicted octanol–water partition coefficient (Wildman–Crippen LogP) is 1.22. The average molecular weight is 295 g/mol. The molecule has 20 heavy (non-hydrogen) atoms. The summed E-state index contributed by atoms with van der Waals surface area (Å²) in [6.07, 6.45) is 0. The second-order valence-electron chi connectivity index (χ2n) is 4.59. The standard InChI is InChI=1S/C13H17N3O3S/c1-9-13(10(2)16(3)15-9)8-14-20(18,19)12-6-4-11(17)5-7-12/h4-7,14,17H,8H2,1-3H3. The van der Waals surface area contributed by atoms with Crippen LogP contribution in [0.15, 0.2) is 29.2 Å². The molecule has 0 radical (unpaired) electrons. The number of rotatable bonds is 4. The van der Waals surface area contributed by atoms with Gasteiger partial charge < -0.3 is 5.11 Å². The molecule has 0 spiro atoms. The molecule has 6 nitrogen and oxygen atoms in total. The molecule has 0 amide bonds. The SMILES string of the molecule is Cc1nn(C)c(C)c1CNS(=O)(=O)c1ccc(O)cc1. The Kier molecular flexibility index (Phi) is 3.82. The van der Waals surface area contributed by atoms with Crippen LogP contribution in [0.3, 0.4) is 0 Å². The molecular weight excluding hydrogens is 278 g/mol. The van der Waals surface area contributed by atoms with Gasteiger partial charge in [-0.25, -0.2) is 13.1 Å².